The molecule has 0 radical (unpaired) electrons. The van der Waals surface area contributed by atoms with Gasteiger partial charge in [-0.1, -0.05) is 36.9 Å². The van der Waals surface area contributed by atoms with Gasteiger partial charge in [0.2, 0.25) is 0 Å². The van der Waals surface area contributed by atoms with E-state index in [0.717, 1.165) is 21.9 Å². The lowest BCUT2D eigenvalue weighted by Crippen LogP contribution is -2.01. The van der Waals surface area contributed by atoms with Gasteiger partial charge in [-0.15, -0.1) is 0 Å². The fourth-order valence-corrected chi connectivity index (χ4v) is 3.02. The molecule has 0 bridgehead atoms. The van der Waals surface area contributed by atoms with E-state index in [1.807, 2.05) is 48.5 Å². The first kappa shape index (κ1) is 16.9. The lowest BCUT2D eigenvalue weighted by Gasteiger charge is -2.09. The molecule has 0 unspecified atom stereocenters. The van der Waals surface area contributed by atoms with Crippen molar-refractivity contribution in [3.8, 4) is 11.5 Å². The maximum atomic E-state index is 12.3. The van der Waals surface area contributed by atoms with Crippen LogP contribution in [-0.4, -0.2) is 7.11 Å². The molecule has 134 valence electrons. The fraction of sp³-hybridized carbons (Fsp3) is 0.0870. The summed E-state index contributed by atoms with van der Waals surface area (Å²) in [6, 6.07) is 18.9. The highest BCUT2D eigenvalue weighted by Gasteiger charge is 2.10. The highest BCUT2D eigenvalue weighted by Crippen LogP contribution is 2.28. The van der Waals surface area contributed by atoms with Gasteiger partial charge in [-0.05, 0) is 41.5 Å². The minimum Gasteiger partial charge on any atom is -0.497 e. The number of rotatable bonds is 5. The maximum Gasteiger partial charge on any atom is 0.344 e. The van der Waals surface area contributed by atoms with Crippen molar-refractivity contribution in [3.05, 3.63) is 88.8 Å². The Balaban J connectivity index is 1.66. The Morgan fingerprint density at radius 2 is 1.67 bits per heavy atom. The third kappa shape index (κ3) is 3.29. The van der Waals surface area contributed by atoms with Gasteiger partial charge < -0.3 is 13.9 Å². The average molecular weight is 358 g/mol. The van der Waals surface area contributed by atoms with Gasteiger partial charge >= 0.3 is 5.63 Å². The molecule has 4 nitrogen and oxygen atoms in total. The van der Waals surface area contributed by atoms with Crippen molar-refractivity contribution in [2.75, 3.05) is 7.11 Å². The molecular formula is C23H18O4. The minimum absolute atomic E-state index is 0.395. The summed E-state index contributed by atoms with van der Waals surface area (Å²) in [5.41, 5.74) is 2.22. The summed E-state index contributed by atoms with van der Waals surface area (Å²) in [4.78, 5) is 12.3. The lowest BCUT2D eigenvalue weighted by atomic mass is 10.1. The zero-order valence-corrected chi connectivity index (χ0v) is 14.9. The first-order chi connectivity index (χ1) is 13.2. The Hall–Kier alpha value is -3.53. The van der Waals surface area contributed by atoms with E-state index in [2.05, 4.69) is 6.58 Å². The van der Waals surface area contributed by atoms with E-state index in [4.69, 9.17) is 13.9 Å². The van der Waals surface area contributed by atoms with E-state index in [1.54, 1.807) is 25.3 Å². The van der Waals surface area contributed by atoms with Gasteiger partial charge in [-0.3, -0.25) is 0 Å². The standard InChI is InChI=1S/C23H18O4/c1-3-15-4-6-16(7-5-15)14-26-18-9-11-20-19-10-8-17(25-2)12-21(19)23(24)27-22(20)13-18/h3-13H,1,14H2,2H3. The summed E-state index contributed by atoms with van der Waals surface area (Å²) < 4.78 is 16.5. The molecular weight excluding hydrogens is 340 g/mol. The quantitative estimate of drug-likeness (QED) is 0.364. The molecule has 4 rings (SSSR count). The topological polar surface area (TPSA) is 48.7 Å². The molecule has 0 saturated heterocycles. The van der Waals surface area contributed by atoms with Gasteiger partial charge in [0.1, 0.15) is 23.7 Å². The van der Waals surface area contributed by atoms with Crippen LogP contribution in [0.4, 0.5) is 0 Å². The van der Waals surface area contributed by atoms with Gasteiger partial charge in [0.25, 0.3) is 0 Å². The molecule has 0 saturated carbocycles. The van der Waals surface area contributed by atoms with Crippen molar-refractivity contribution in [2.24, 2.45) is 0 Å². The number of methoxy groups -OCH3 is 1. The summed E-state index contributed by atoms with van der Waals surface area (Å²) in [5, 5.41) is 2.18. The fourth-order valence-electron chi connectivity index (χ4n) is 3.02. The van der Waals surface area contributed by atoms with Crippen LogP contribution in [0.15, 0.2) is 76.5 Å². The predicted octanol–water partition coefficient (Wildman–Crippen LogP) is 5.18. The molecule has 0 spiro atoms. The van der Waals surface area contributed by atoms with Gasteiger partial charge in [0.05, 0.1) is 12.5 Å². The van der Waals surface area contributed by atoms with Crippen molar-refractivity contribution in [1.82, 2.24) is 0 Å². The summed E-state index contributed by atoms with van der Waals surface area (Å²) >= 11 is 0. The molecule has 4 heteroatoms. The Labute approximate surface area is 156 Å². The molecule has 3 aromatic carbocycles. The van der Waals surface area contributed by atoms with Crippen molar-refractivity contribution in [2.45, 2.75) is 6.61 Å². The first-order valence-electron chi connectivity index (χ1n) is 8.57. The molecule has 0 atom stereocenters. The van der Waals surface area contributed by atoms with Crippen molar-refractivity contribution in [3.63, 3.8) is 0 Å². The van der Waals surface area contributed by atoms with E-state index in [9.17, 15) is 4.79 Å². The Morgan fingerprint density at radius 3 is 2.41 bits per heavy atom. The molecule has 4 aromatic rings. The summed E-state index contributed by atoms with van der Waals surface area (Å²) in [6.45, 7) is 4.18. The SMILES string of the molecule is C=Cc1ccc(COc2ccc3c(c2)oc(=O)c2cc(OC)ccc23)cc1. The average Bonchev–Trinajstić information content (AvgIpc) is 2.72. The van der Waals surface area contributed by atoms with Gasteiger partial charge in [-0.25, -0.2) is 4.79 Å². The number of ether oxygens (including phenoxy) is 2. The number of benzene rings is 3. The van der Waals surface area contributed by atoms with Crippen molar-refractivity contribution in [1.29, 1.82) is 0 Å². The van der Waals surface area contributed by atoms with Crippen LogP contribution >= 0.6 is 0 Å². The van der Waals surface area contributed by atoms with E-state index in [-0.39, 0.29) is 0 Å². The van der Waals surface area contributed by atoms with E-state index in [0.29, 0.717) is 29.1 Å². The lowest BCUT2D eigenvalue weighted by molar-refractivity contribution is 0.306. The molecule has 0 aliphatic heterocycles. The zero-order chi connectivity index (χ0) is 18.8. The molecule has 0 amide bonds. The summed E-state index contributed by atoms with van der Waals surface area (Å²) in [7, 11) is 1.57. The van der Waals surface area contributed by atoms with Crippen molar-refractivity contribution >= 4 is 27.8 Å². The summed E-state index contributed by atoms with van der Waals surface area (Å²) in [5.74, 6) is 1.27. The van der Waals surface area contributed by atoms with Crippen LogP contribution in [0.3, 0.4) is 0 Å². The van der Waals surface area contributed by atoms with E-state index >= 15 is 0 Å². The van der Waals surface area contributed by atoms with Gasteiger partial charge in [-0.2, -0.15) is 0 Å². The van der Waals surface area contributed by atoms with Gasteiger partial charge in [0.15, 0.2) is 0 Å². The molecule has 0 fully saturated rings. The van der Waals surface area contributed by atoms with Crippen LogP contribution < -0.4 is 15.1 Å². The van der Waals surface area contributed by atoms with Gasteiger partial charge in [0, 0.05) is 16.8 Å². The van der Waals surface area contributed by atoms with Crippen LogP contribution in [0.5, 0.6) is 11.5 Å². The molecule has 1 aromatic heterocycles. The maximum absolute atomic E-state index is 12.3. The molecule has 0 N–H and O–H groups in total. The molecule has 0 aliphatic rings. The van der Waals surface area contributed by atoms with E-state index in [1.165, 1.54) is 0 Å². The minimum atomic E-state index is -0.395. The highest BCUT2D eigenvalue weighted by atomic mass is 16.5. The van der Waals surface area contributed by atoms with E-state index < -0.39 is 5.63 Å². The van der Waals surface area contributed by atoms with Crippen LogP contribution in [0.25, 0.3) is 27.8 Å². The third-order valence-corrected chi connectivity index (χ3v) is 4.51. The second kappa shape index (κ2) is 7.00. The molecule has 0 aliphatic carbocycles. The van der Waals surface area contributed by atoms with Crippen molar-refractivity contribution < 1.29 is 13.9 Å². The monoisotopic (exact) mass is 358 g/mol. The number of hydrogen-bond donors (Lipinski definition) is 0. The number of hydrogen-bond acceptors (Lipinski definition) is 4. The predicted molar refractivity (Wildman–Crippen MR) is 107 cm³/mol. The molecule has 1 heterocycles. The zero-order valence-electron chi connectivity index (χ0n) is 14.9. The number of fused-ring (bicyclic) bond motifs is 3. The Kier molecular flexibility index (Phi) is 4.38. The smallest absolute Gasteiger partial charge is 0.344 e. The molecule has 27 heavy (non-hydrogen) atoms. The largest absolute Gasteiger partial charge is 0.497 e. The highest BCUT2D eigenvalue weighted by molar-refractivity contribution is 6.04. The Bertz CT molecular complexity index is 1190. The second-order valence-electron chi connectivity index (χ2n) is 6.19. The normalized spacial score (nSPS) is 10.9. The Morgan fingerprint density at radius 1 is 0.926 bits per heavy atom. The first-order valence-corrected chi connectivity index (χ1v) is 8.57. The van der Waals surface area contributed by atoms with Crippen LogP contribution in [-0.2, 0) is 6.61 Å². The summed E-state index contributed by atoms with van der Waals surface area (Å²) in [6.07, 6.45) is 1.80. The third-order valence-electron chi connectivity index (χ3n) is 4.51. The van der Waals surface area contributed by atoms with Crippen LogP contribution in [0, 0.1) is 0 Å². The van der Waals surface area contributed by atoms with Crippen LogP contribution in [0.2, 0.25) is 0 Å². The second-order valence-corrected chi connectivity index (χ2v) is 6.19. The van der Waals surface area contributed by atoms with Crippen LogP contribution in [0.1, 0.15) is 11.1 Å².